The molecular weight excluding hydrogens is 460 g/mol. The Bertz CT molecular complexity index is 1040. The molecule has 3 aromatic rings. The second-order valence-electron chi connectivity index (χ2n) is 8.95. The molecule has 0 atom stereocenters. The van der Waals surface area contributed by atoms with E-state index in [0.717, 1.165) is 37.7 Å². The van der Waals surface area contributed by atoms with Crippen LogP contribution in [0.4, 0.5) is 0 Å². The van der Waals surface area contributed by atoms with E-state index in [9.17, 15) is 4.79 Å². The van der Waals surface area contributed by atoms with Crippen LogP contribution in [-0.2, 0) is 17.6 Å². The van der Waals surface area contributed by atoms with E-state index >= 15 is 0 Å². The van der Waals surface area contributed by atoms with E-state index in [4.69, 9.17) is 0 Å². The average Bonchev–Trinajstić information content (AvgIpc) is 2.93. The zero-order valence-electron chi connectivity index (χ0n) is 25.2. The molecule has 3 aromatic carbocycles. The third-order valence-electron chi connectivity index (χ3n) is 6.36. The molecule has 210 valence electrons. The lowest BCUT2D eigenvalue weighted by atomic mass is 9.96. The summed E-state index contributed by atoms with van der Waals surface area (Å²) in [5.41, 5.74) is 10.8. The van der Waals surface area contributed by atoms with Crippen LogP contribution in [0.15, 0.2) is 67.2 Å². The van der Waals surface area contributed by atoms with Crippen molar-refractivity contribution in [1.82, 2.24) is 0 Å². The highest BCUT2D eigenvalue weighted by Crippen LogP contribution is 2.25. The number of Topliss-reactive ketones (excluding diaryl/α,β-unsaturated/α-hetero) is 1. The lowest BCUT2D eigenvalue weighted by Gasteiger charge is -2.08. The fraction of sp³-hybridized carbons (Fsp3) is 0.432. The molecule has 0 aliphatic rings. The summed E-state index contributed by atoms with van der Waals surface area (Å²) < 4.78 is 0. The van der Waals surface area contributed by atoms with Gasteiger partial charge in [0.2, 0.25) is 0 Å². The maximum Gasteiger partial charge on any atom is 0.129 e. The number of carbonyl (C=O) groups is 1. The normalized spacial score (nSPS) is 9.29. The molecule has 0 bridgehead atoms. The van der Waals surface area contributed by atoms with Gasteiger partial charge in [0.1, 0.15) is 5.78 Å². The smallest absolute Gasteiger partial charge is 0.129 e. The summed E-state index contributed by atoms with van der Waals surface area (Å²) in [6.45, 7) is 22.2. The number of ketones is 1. The SMILES string of the molecule is C.C=Cc1ccc(-c2cc(CC)ccc2C)cc1.CC.CC.CC(=O)CCCCCc1cccc(C)c1C. The van der Waals surface area contributed by atoms with Gasteiger partial charge in [-0.1, -0.05) is 122 Å². The summed E-state index contributed by atoms with van der Waals surface area (Å²) in [5, 5.41) is 0. The highest BCUT2D eigenvalue weighted by molar-refractivity contribution is 5.75. The van der Waals surface area contributed by atoms with Crippen molar-refractivity contribution in [2.75, 3.05) is 0 Å². The molecule has 0 heterocycles. The van der Waals surface area contributed by atoms with Gasteiger partial charge >= 0.3 is 0 Å². The van der Waals surface area contributed by atoms with E-state index in [2.05, 4.69) is 94.9 Å². The minimum Gasteiger partial charge on any atom is -0.300 e. The summed E-state index contributed by atoms with van der Waals surface area (Å²) in [7, 11) is 0. The first kappa shape index (κ1) is 37.2. The first-order chi connectivity index (χ1) is 17.8. The molecule has 0 spiro atoms. The predicted octanol–water partition coefficient (Wildman–Crippen LogP) is 11.6. The number of benzene rings is 3. The Balaban J connectivity index is 0. The molecule has 1 heteroatoms. The maximum absolute atomic E-state index is 10.8. The molecule has 0 aliphatic carbocycles. The van der Waals surface area contributed by atoms with Crippen molar-refractivity contribution in [3.05, 3.63) is 101 Å². The zero-order valence-corrected chi connectivity index (χ0v) is 25.2. The summed E-state index contributed by atoms with van der Waals surface area (Å²) in [5.74, 6) is 0.312. The second-order valence-corrected chi connectivity index (χ2v) is 8.95. The van der Waals surface area contributed by atoms with Crippen molar-refractivity contribution >= 4 is 11.9 Å². The summed E-state index contributed by atoms with van der Waals surface area (Å²) >= 11 is 0. The van der Waals surface area contributed by atoms with Gasteiger partial charge in [-0.2, -0.15) is 0 Å². The van der Waals surface area contributed by atoms with Crippen LogP contribution in [0.2, 0.25) is 0 Å². The predicted molar refractivity (Wildman–Crippen MR) is 174 cm³/mol. The van der Waals surface area contributed by atoms with Crippen LogP contribution in [0.5, 0.6) is 0 Å². The monoisotopic (exact) mass is 516 g/mol. The first-order valence-electron chi connectivity index (χ1n) is 14.2. The van der Waals surface area contributed by atoms with Crippen molar-refractivity contribution < 1.29 is 4.79 Å². The number of hydrogen-bond donors (Lipinski definition) is 0. The van der Waals surface area contributed by atoms with Gasteiger partial charge < -0.3 is 4.79 Å². The number of hydrogen-bond acceptors (Lipinski definition) is 1. The highest BCUT2D eigenvalue weighted by Gasteiger charge is 2.03. The maximum atomic E-state index is 10.8. The molecule has 0 saturated heterocycles. The van der Waals surface area contributed by atoms with Crippen LogP contribution in [-0.4, -0.2) is 5.78 Å². The lowest BCUT2D eigenvalue weighted by Crippen LogP contribution is -1.94. The first-order valence-corrected chi connectivity index (χ1v) is 14.2. The van der Waals surface area contributed by atoms with Gasteiger partial charge in [-0.05, 0) is 97.9 Å². The van der Waals surface area contributed by atoms with E-state index < -0.39 is 0 Å². The van der Waals surface area contributed by atoms with Crippen molar-refractivity contribution in [3.63, 3.8) is 0 Å². The van der Waals surface area contributed by atoms with Crippen LogP contribution >= 0.6 is 0 Å². The fourth-order valence-corrected chi connectivity index (χ4v) is 3.95. The molecule has 0 aromatic heterocycles. The highest BCUT2D eigenvalue weighted by atomic mass is 16.1. The molecule has 0 amide bonds. The van der Waals surface area contributed by atoms with Gasteiger partial charge in [-0.25, -0.2) is 0 Å². The van der Waals surface area contributed by atoms with Crippen LogP contribution < -0.4 is 0 Å². The van der Waals surface area contributed by atoms with Crippen molar-refractivity contribution in [1.29, 1.82) is 0 Å². The van der Waals surface area contributed by atoms with Crippen LogP contribution in [0.25, 0.3) is 17.2 Å². The minimum atomic E-state index is 0. The summed E-state index contributed by atoms with van der Waals surface area (Å²) in [4.78, 5) is 10.8. The van der Waals surface area contributed by atoms with Crippen LogP contribution in [0.3, 0.4) is 0 Å². The Morgan fingerprint density at radius 2 is 1.45 bits per heavy atom. The van der Waals surface area contributed by atoms with Gasteiger partial charge in [0.15, 0.2) is 0 Å². The number of carbonyl (C=O) groups excluding carboxylic acids is 1. The topological polar surface area (TPSA) is 17.1 Å². The van der Waals surface area contributed by atoms with Crippen molar-refractivity contribution in [2.45, 2.75) is 108 Å². The van der Waals surface area contributed by atoms with E-state index in [1.165, 1.54) is 45.4 Å². The zero-order chi connectivity index (χ0) is 28.2. The van der Waals surface area contributed by atoms with Gasteiger partial charge in [0, 0.05) is 6.42 Å². The number of aryl methyl sites for hydroxylation is 4. The minimum absolute atomic E-state index is 0. The molecule has 0 aliphatic heterocycles. The van der Waals surface area contributed by atoms with Crippen LogP contribution in [0, 0.1) is 20.8 Å². The standard InChI is InChI=1S/C17H18.C15H22O.2C2H6.CH4/c1-4-14-8-10-16(11-9-14)17-12-15(5-2)7-6-13(17)3;1-12-8-7-11-15(14(12)3)10-6-4-5-9-13(2)16;2*1-2;/h4,6-12H,1,5H2,2-3H3;7-8,11H,4-6,9-10H2,1-3H3;2*1-2H3;1H4. The quantitative estimate of drug-likeness (QED) is 0.258. The number of unbranched alkanes of at least 4 members (excludes halogenated alkanes) is 2. The summed E-state index contributed by atoms with van der Waals surface area (Å²) in [6.07, 6.45) is 8.24. The Labute approximate surface area is 236 Å². The van der Waals surface area contributed by atoms with Gasteiger partial charge in [-0.3, -0.25) is 0 Å². The Morgan fingerprint density at radius 3 is 2.00 bits per heavy atom. The molecule has 0 N–H and O–H groups in total. The van der Waals surface area contributed by atoms with Gasteiger partial charge in [-0.15, -0.1) is 0 Å². The third kappa shape index (κ3) is 13.6. The van der Waals surface area contributed by atoms with Crippen LogP contribution in [0.1, 0.15) is 108 Å². The van der Waals surface area contributed by atoms with Gasteiger partial charge in [0.25, 0.3) is 0 Å². The molecular formula is C37H56O. The molecule has 38 heavy (non-hydrogen) atoms. The summed E-state index contributed by atoms with van der Waals surface area (Å²) in [6, 6.07) is 21.8. The van der Waals surface area contributed by atoms with Crippen molar-refractivity contribution in [2.24, 2.45) is 0 Å². The van der Waals surface area contributed by atoms with Gasteiger partial charge in [0.05, 0.1) is 0 Å². The molecule has 0 radical (unpaired) electrons. The second kappa shape index (κ2) is 22.1. The Hall–Kier alpha value is -2.93. The molecule has 0 saturated carbocycles. The third-order valence-corrected chi connectivity index (χ3v) is 6.36. The molecule has 3 rings (SSSR count). The average molecular weight is 517 g/mol. The van der Waals surface area contributed by atoms with E-state index in [1.54, 1.807) is 6.92 Å². The molecule has 0 unspecified atom stereocenters. The van der Waals surface area contributed by atoms with E-state index in [-0.39, 0.29) is 7.43 Å². The van der Waals surface area contributed by atoms with E-state index in [0.29, 0.717) is 5.78 Å². The largest absolute Gasteiger partial charge is 0.300 e. The molecule has 1 nitrogen and oxygen atoms in total. The fourth-order valence-electron chi connectivity index (χ4n) is 3.95. The lowest BCUT2D eigenvalue weighted by molar-refractivity contribution is -0.117. The Morgan fingerprint density at radius 1 is 0.816 bits per heavy atom. The van der Waals surface area contributed by atoms with E-state index in [1.807, 2.05) is 33.8 Å². The number of rotatable bonds is 9. The van der Waals surface area contributed by atoms with Crippen molar-refractivity contribution in [3.8, 4) is 11.1 Å². The Kier molecular flexibility index (Phi) is 21.6. The molecule has 0 fully saturated rings.